The number of carbonyl (C=O) groups excluding carboxylic acids is 3. The minimum atomic E-state index is -0.837. The average molecular weight is 591 g/mol. The highest BCUT2D eigenvalue weighted by molar-refractivity contribution is 5.93. The normalized spacial score (nSPS) is 20.1. The topological polar surface area (TPSA) is 106 Å². The van der Waals surface area contributed by atoms with Crippen LogP contribution in [0.1, 0.15) is 47.9 Å². The lowest BCUT2D eigenvalue weighted by Crippen LogP contribution is -2.53. The Morgan fingerprint density at radius 3 is 1.95 bits per heavy atom. The molecule has 3 aromatic carbocycles. The van der Waals surface area contributed by atoms with Crippen molar-refractivity contribution < 1.29 is 19.5 Å². The van der Waals surface area contributed by atoms with Gasteiger partial charge in [0.25, 0.3) is 0 Å². The van der Waals surface area contributed by atoms with Crippen LogP contribution in [0.5, 0.6) is 0 Å². The molecule has 3 amide bonds. The molecule has 3 atom stereocenters. The fraction of sp³-hybridized carbons (Fsp3) is 0.306. The molecule has 8 nitrogen and oxygen atoms in total. The number of rotatable bonds is 9. The number of aromatic amines is 1. The molecular formula is C36H38N4O4. The summed E-state index contributed by atoms with van der Waals surface area (Å²) in [5, 5.41) is 13.7. The first-order valence-corrected chi connectivity index (χ1v) is 15.3. The number of likely N-dealkylation sites (tertiary alicyclic amines) is 2. The van der Waals surface area contributed by atoms with E-state index in [0.717, 1.165) is 22.3 Å². The SMILES string of the molecule is O=C(NCc1cc[nH]c1)[C@H]1CCCN1C(=O)[C@@H]1C[C@@H](O)CN1C(=O)CC(c1ccccc1)(c1ccccc1)c1ccccc1. The second-order valence-corrected chi connectivity index (χ2v) is 11.8. The van der Waals surface area contributed by atoms with Crippen LogP contribution < -0.4 is 5.32 Å². The Labute approximate surface area is 257 Å². The number of amides is 3. The number of aliphatic hydroxyl groups excluding tert-OH is 1. The molecule has 0 saturated carbocycles. The lowest BCUT2D eigenvalue weighted by atomic mass is 9.67. The number of aliphatic hydroxyl groups is 1. The number of nitrogens with one attached hydrogen (secondary N) is 2. The van der Waals surface area contributed by atoms with Gasteiger partial charge in [-0.05, 0) is 41.2 Å². The van der Waals surface area contributed by atoms with Gasteiger partial charge in [-0.1, -0.05) is 91.0 Å². The number of hydrogen-bond donors (Lipinski definition) is 3. The van der Waals surface area contributed by atoms with Crippen molar-refractivity contribution in [2.24, 2.45) is 0 Å². The van der Waals surface area contributed by atoms with Gasteiger partial charge < -0.3 is 25.2 Å². The fourth-order valence-electron chi connectivity index (χ4n) is 6.90. The highest BCUT2D eigenvalue weighted by Crippen LogP contribution is 2.43. The Balaban J connectivity index is 1.29. The van der Waals surface area contributed by atoms with Crippen molar-refractivity contribution in [2.75, 3.05) is 13.1 Å². The molecule has 6 rings (SSSR count). The number of carbonyl (C=O) groups is 3. The van der Waals surface area contributed by atoms with Gasteiger partial charge in [0.15, 0.2) is 0 Å². The second kappa shape index (κ2) is 12.9. The predicted molar refractivity (Wildman–Crippen MR) is 167 cm³/mol. The molecule has 1 aromatic heterocycles. The zero-order valence-electron chi connectivity index (χ0n) is 24.6. The number of benzene rings is 3. The first kappa shape index (κ1) is 29.4. The van der Waals surface area contributed by atoms with Crippen LogP contribution in [0.3, 0.4) is 0 Å². The van der Waals surface area contributed by atoms with Gasteiger partial charge >= 0.3 is 0 Å². The van der Waals surface area contributed by atoms with Gasteiger partial charge in [0.2, 0.25) is 17.7 Å². The molecule has 3 heterocycles. The van der Waals surface area contributed by atoms with E-state index in [-0.39, 0.29) is 37.1 Å². The number of aromatic nitrogens is 1. The van der Waals surface area contributed by atoms with Crippen LogP contribution >= 0.6 is 0 Å². The summed E-state index contributed by atoms with van der Waals surface area (Å²) in [5.41, 5.74) is 3.02. The third kappa shape index (κ3) is 5.77. The highest BCUT2D eigenvalue weighted by Gasteiger charge is 2.47. The largest absolute Gasteiger partial charge is 0.391 e. The molecule has 0 spiro atoms. The molecule has 2 aliphatic rings. The van der Waals surface area contributed by atoms with Crippen molar-refractivity contribution in [3.8, 4) is 0 Å². The number of H-pyrrole nitrogens is 1. The highest BCUT2D eigenvalue weighted by atomic mass is 16.3. The zero-order valence-corrected chi connectivity index (χ0v) is 24.6. The van der Waals surface area contributed by atoms with Crippen LogP contribution in [-0.2, 0) is 26.3 Å². The van der Waals surface area contributed by atoms with Crippen LogP contribution in [0.2, 0.25) is 0 Å². The molecule has 44 heavy (non-hydrogen) atoms. The third-order valence-electron chi connectivity index (χ3n) is 9.07. The number of nitrogens with zero attached hydrogens (tertiary/aromatic N) is 2. The van der Waals surface area contributed by atoms with Crippen molar-refractivity contribution in [1.82, 2.24) is 20.1 Å². The quantitative estimate of drug-likeness (QED) is 0.256. The molecule has 2 saturated heterocycles. The van der Waals surface area contributed by atoms with E-state index >= 15 is 0 Å². The van der Waals surface area contributed by atoms with Gasteiger partial charge in [0.1, 0.15) is 12.1 Å². The Morgan fingerprint density at radius 2 is 1.41 bits per heavy atom. The Morgan fingerprint density at radius 1 is 0.818 bits per heavy atom. The molecule has 8 heteroatoms. The molecule has 2 aliphatic heterocycles. The molecule has 0 bridgehead atoms. The summed E-state index contributed by atoms with van der Waals surface area (Å²) >= 11 is 0. The van der Waals surface area contributed by atoms with E-state index in [9.17, 15) is 19.5 Å². The van der Waals surface area contributed by atoms with E-state index < -0.39 is 23.6 Å². The molecule has 0 radical (unpaired) electrons. The van der Waals surface area contributed by atoms with Crippen molar-refractivity contribution in [1.29, 1.82) is 0 Å². The van der Waals surface area contributed by atoms with E-state index in [1.807, 2.05) is 103 Å². The monoisotopic (exact) mass is 590 g/mol. The van der Waals surface area contributed by atoms with Crippen LogP contribution in [0.15, 0.2) is 109 Å². The second-order valence-electron chi connectivity index (χ2n) is 11.8. The average Bonchev–Trinajstić information content (AvgIpc) is 3.85. The van der Waals surface area contributed by atoms with E-state index in [0.29, 0.717) is 25.9 Å². The Kier molecular flexibility index (Phi) is 8.61. The molecule has 4 aromatic rings. The van der Waals surface area contributed by atoms with E-state index in [1.54, 1.807) is 16.0 Å². The molecule has 226 valence electrons. The summed E-state index contributed by atoms with van der Waals surface area (Å²) in [6, 6.07) is 30.4. The number of hydrogen-bond acceptors (Lipinski definition) is 4. The van der Waals surface area contributed by atoms with Gasteiger partial charge in [0, 0.05) is 44.9 Å². The molecule has 0 aliphatic carbocycles. The predicted octanol–water partition coefficient (Wildman–Crippen LogP) is 4.01. The summed E-state index contributed by atoms with van der Waals surface area (Å²) in [5.74, 6) is -0.701. The minimum absolute atomic E-state index is 0.0713. The fourth-order valence-corrected chi connectivity index (χ4v) is 6.90. The first-order valence-electron chi connectivity index (χ1n) is 15.3. The van der Waals surface area contributed by atoms with Crippen LogP contribution in [-0.4, -0.2) is 68.9 Å². The number of β-amino-alcohol motifs (C(OH)–C–C–N with tert-alkyl or cyclic N) is 1. The zero-order chi connectivity index (χ0) is 30.5. The summed E-state index contributed by atoms with van der Waals surface area (Å²) in [6.07, 6.45) is 4.28. The van der Waals surface area contributed by atoms with Gasteiger partial charge in [-0.2, -0.15) is 0 Å². The van der Waals surface area contributed by atoms with Crippen LogP contribution in [0.4, 0.5) is 0 Å². The van der Waals surface area contributed by atoms with Crippen molar-refractivity contribution in [3.05, 3.63) is 132 Å². The maximum atomic E-state index is 14.5. The van der Waals surface area contributed by atoms with Crippen molar-refractivity contribution in [2.45, 2.75) is 55.8 Å². The third-order valence-corrected chi connectivity index (χ3v) is 9.07. The maximum Gasteiger partial charge on any atom is 0.246 e. The smallest absolute Gasteiger partial charge is 0.246 e. The molecule has 3 N–H and O–H groups in total. The summed E-state index contributed by atoms with van der Waals surface area (Å²) < 4.78 is 0. The van der Waals surface area contributed by atoms with Gasteiger partial charge in [0.05, 0.1) is 11.5 Å². The summed E-state index contributed by atoms with van der Waals surface area (Å²) in [7, 11) is 0. The first-order chi connectivity index (χ1) is 21.5. The molecule has 2 fully saturated rings. The Bertz CT molecular complexity index is 1460. The van der Waals surface area contributed by atoms with E-state index in [2.05, 4.69) is 10.3 Å². The van der Waals surface area contributed by atoms with Gasteiger partial charge in [-0.3, -0.25) is 14.4 Å². The van der Waals surface area contributed by atoms with Crippen LogP contribution in [0, 0.1) is 0 Å². The minimum Gasteiger partial charge on any atom is -0.391 e. The Hall–Kier alpha value is -4.69. The summed E-state index contributed by atoms with van der Waals surface area (Å²) in [4.78, 5) is 47.8. The molecule has 0 unspecified atom stereocenters. The van der Waals surface area contributed by atoms with Gasteiger partial charge in [-0.15, -0.1) is 0 Å². The van der Waals surface area contributed by atoms with E-state index in [1.165, 1.54) is 0 Å². The lowest BCUT2D eigenvalue weighted by Gasteiger charge is -2.38. The van der Waals surface area contributed by atoms with Gasteiger partial charge in [-0.25, -0.2) is 0 Å². The maximum absolute atomic E-state index is 14.5. The molecular weight excluding hydrogens is 552 g/mol. The standard InChI is InChI=1S/C36H38N4O4/c41-30-21-32(35(44)39-20-10-17-31(39)34(43)38-24-26-18-19-37-23-26)40(25-30)33(42)22-36(27-11-4-1-5-12-27,28-13-6-2-7-14-28)29-15-8-3-9-16-29/h1-9,11-16,18-19,23,30-32,37,41H,10,17,20-22,24-25H2,(H,38,43)/t30-,31-,32+/m1/s1. The lowest BCUT2D eigenvalue weighted by molar-refractivity contribution is -0.146. The van der Waals surface area contributed by atoms with Crippen molar-refractivity contribution in [3.63, 3.8) is 0 Å². The summed E-state index contributed by atoms with van der Waals surface area (Å²) in [6.45, 7) is 0.883. The van der Waals surface area contributed by atoms with Crippen LogP contribution in [0.25, 0.3) is 0 Å². The van der Waals surface area contributed by atoms with E-state index in [4.69, 9.17) is 0 Å². The van der Waals surface area contributed by atoms with Crippen molar-refractivity contribution >= 4 is 17.7 Å².